The first-order chi connectivity index (χ1) is 14.6. The van der Waals surface area contributed by atoms with Gasteiger partial charge in [-0.3, -0.25) is 10.1 Å². The number of aromatic nitrogens is 1. The van der Waals surface area contributed by atoms with Gasteiger partial charge in [0.1, 0.15) is 37.7 Å². The molecule has 1 aromatic carbocycles. The number of fused-ring (bicyclic) bond motifs is 1. The van der Waals surface area contributed by atoms with Gasteiger partial charge in [0.15, 0.2) is 6.04 Å². The molecule has 4 N–H and O–H groups in total. The van der Waals surface area contributed by atoms with Gasteiger partial charge in [-0.1, -0.05) is 31.4 Å². The topological polar surface area (TPSA) is 80.0 Å². The van der Waals surface area contributed by atoms with Crippen molar-refractivity contribution in [3.05, 3.63) is 29.3 Å². The van der Waals surface area contributed by atoms with E-state index in [0.717, 1.165) is 63.9 Å². The number of carbonyl (C=O) groups is 2. The van der Waals surface area contributed by atoms with Crippen molar-refractivity contribution in [2.24, 2.45) is 0 Å². The Balaban J connectivity index is 1.21. The molecule has 162 valence electrons. The van der Waals surface area contributed by atoms with Crippen LogP contribution < -0.4 is 20.4 Å². The Morgan fingerprint density at radius 3 is 2.60 bits per heavy atom. The summed E-state index contributed by atoms with van der Waals surface area (Å²) in [5.41, 5.74) is 1.08. The Labute approximate surface area is 181 Å². The van der Waals surface area contributed by atoms with Gasteiger partial charge in [0.2, 0.25) is 0 Å². The van der Waals surface area contributed by atoms with Gasteiger partial charge in [0.25, 0.3) is 5.91 Å². The fourth-order valence-electron chi connectivity index (χ4n) is 4.62. The molecule has 8 heteroatoms. The zero-order valence-corrected chi connectivity index (χ0v) is 18.5. The molecule has 30 heavy (non-hydrogen) atoms. The minimum atomic E-state index is -0.335. The van der Waals surface area contributed by atoms with E-state index in [1.807, 2.05) is 13.0 Å². The van der Waals surface area contributed by atoms with Gasteiger partial charge < -0.3 is 15.1 Å². The normalized spacial score (nSPS) is 23.8. The highest BCUT2D eigenvalue weighted by Crippen LogP contribution is 2.20. The van der Waals surface area contributed by atoms with Crippen LogP contribution in [0.25, 0.3) is 10.2 Å². The van der Waals surface area contributed by atoms with Crippen molar-refractivity contribution in [3.8, 4) is 0 Å². The molecule has 0 bridgehead atoms. The molecule has 2 fully saturated rings. The highest BCUT2D eigenvalue weighted by Gasteiger charge is 2.32. The smallest absolute Gasteiger partial charge is 0.321 e. The zero-order valence-electron chi connectivity index (χ0n) is 17.7. The third-order valence-corrected chi connectivity index (χ3v) is 7.56. The number of amides is 3. The van der Waals surface area contributed by atoms with Crippen LogP contribution in [0.1, 0.15) is 44.0 Å². The summed E-state index contributed by atoms with van der Waals surface area (Å²) in [6, 6.07) is 7.94. The van der Waals surface area contributed by atoms with Gasteiger partial charge in [-0.25, -0.2) is 9.78 Å². The number of hydrogen-bond donors (Lipinski definition) is 4. The van der Waals surface area contributed by atoms with Crippen LogP contribution in [0.2, 0.25) is 0 Å². The first-order valence-electron chi connectivity index (χ1n) is 11.2. The maximum absolute atomic E-state index is 12.6. The number of urea groups is 1. The molecule has 1 atom stereocenters. The largest absolute Gasteiger partial charge is 0.335 e. The third kappa shape index (κ3) is 5.36. The lowest BCUT2D eigenvalue weighted by Gasteiger charge is -2.32. The molecule has 7 nitrogen and oxygen atoms in total. The second-order valence-electron chi connectivity index (χ2n) is 8.68. The number of quaternary nitrogens is 2. The fraction of sp³-hybridized carbons (Fsp3) is 0.591. The van der Waals surface area contributed by atoms with E-state index in [4.69, 9.17) is 4.98 Å². The SMILES string of the molecule is C[C@H](C(=O)NC(=O)NC1CCCCC1)[NH+]1CC[NH+](Cc2nc3ccccc3s2)CC1. The highest BCUT2D eigenvalue weighted by molar-refractivity contribution is 7.18. The quantitative estimate of drug-likeness (QED) is 0.543. The van der Waals surface area contributed by atoms with E-state index in [1.54, 1.807) is 11.3 Å². The summed E-state index contributed by atoms with van der Waals surface area (Å²) in [6.45, 7) is 6.75. The van der Waals surface area contributed by atoms with Crippen LogP contribution in [0.5, 0.6) is 0 Å². The summed E-state index contributed by atoms with van der Waals surface area (Å²) in [5.74, 6) is -0.173. The number of nitrogens with zero attached hydrogens (tertiary/aromatic N) is 1. The van der Waals surface area contributed by atoms with Crippen LogP contribution in [0.15, 0.2) is 24.3 Å². The summed E-state index contributed by atoms with van der Waals surface area (Å²) < 4.78 is 1.24. The van der Waals surface area contributed by atoms with Crippen LogP contribution >= 0.6 is 11.3 Å². The van der Waals surface area contributed by atoms with Crippen molar-refractivity contribution in [1.29, 1.82) is 0 Å². The Morgan fingerprint density at radius 2 is 1.87 bits per heavy atom. The fourth-order valence-corrected chi connectivity index (χ4v) is 5.66. The number of carbonyl (C=O) groups excluding carboxylic acids is 2. The molecule has 1 aliphatic heterocycles. The Kier molecular flexibility index (Phi) is 6.97. The molecule has 2 aliphatic rings. The minimum Gasteiger partial charge on any atom is -0.335 e. The maximum Gasteiger partial charge on any atom is 0.321 e. The van der Waals surface area contributed by atoms with Crippen LogP contribution in [0, 0.1) is 0 Å². The summed E-state index contributed by atoms with van der Waals surface area (Å²) in [6.07, 6.45) is 5.59. The maximum atomic E-state index is 12.6. The van der Waals surface area contributed by atoms with E-state index < -0.39 is 0 Å². The molecular weight excluding hydrogens is 398 g/mol. The zero-order chi connectivity index (χ0) is 20.9. The average molecular weight is 432 g/mol. The van der Waals surface area contributed by atoms with Crippen molar-refractivity contribution < 1.29 is 19.4 Å². The average Bonchev–Trinajstić information content (AvgIpc) is 3.16. The van der Waals surface area contributed by atoms with Crippen LogP contribution in [0.3, 0.4) is 0 Å². The molecule has 1 saturated carbocycles. The molecule has 4 rings (SSSR count). The van der Waals surface area contributed by atoms with Crippen LogP contribution in [0.4, 0.5) is 4.79 Å². The van der Waals surface area contributed by atoms with Gasteiger partial charge in [-0.05, 0) is 31.9 Å². The summed E-state index contributed by atoms with van der Waals surface area (Å²) in [5, 5.41) is 6.71. The molecule has 2 heterocycles. The standard InChI is InChI=1S/C22H31N5O2S/c1-16(21(28)25-22(29)23-17-7-3-2-4-8-17)27-13-11-26(12-14-27)15-20-24-18-9-5-6-10-19(18)30-20/h5-6,9-10,16-17H,2-4,7-8,11-15H2,1H3,(H2,23,25,28,29)/p+2/t16-/m1/s1. The van der Waals surface area contributed by atoms with E-state index in [0.29, 0.717) is 0 Å². The Morgan fingerprint density at radius 1 is 1.13 bits per heavy atom. The lowest BCUT2D eigenvalue weighted by Crippen LogP contribution is -3.29. The first-order valence-corrected chi connectivity index (χ1v) is 12.0. The van der Waals surface area contributed by atoms with Gasteiger partial charge in [0, 0.05) is 6.04 Å². The molecule has 1 aliphatic carbocycles. The van der Waals surface area contributed by atoms with Crippen molar-refractivity contribution in [2.45, 2.75) is 57.7 Å². The van der Waals surface area contributed by atoms with Crippen molar-refractivity contribution >= 4 is 33.5 Å². The number of piperazine rings is 1. The monoisotopic (exact) mass is 431 g/mol. The van der Waals surface area contributed by atoms with Gasteiger partial charge in [-0.2, -0.15) is 0 Å². The highest BCUT2D eigenvalue weighted by atomic mass is 32.1. The second kappa shape index (κ2) is 9.85. The first kappa shape index (κ1) is 21.2. The van der Waals surface area contributed by atoms with Crippen LogP contribution in [-0.2, 0) is 11.3 Å². The summed E-state index contributed by atoms with van der Waals surface area (Å²) >= 11 is 1.78. The number of thiazole rings is 1. The predicted molar refractivity (Wildman–Crippen MR) is 118 cm³/mol. The molecule has 0 radical (unpaired) electrons. The van der Waals surface area contributed by atoms with E-state index in [2.05, 4.69) is 28.8 Å². The lowest BCUT2D eigenvalue weighted by atomic mass is 9.96. The molecule has 0 spiro atoms. The summed E-state index contributed by atoms with van der Waals surface area (Å²) in [4.78, 5) is 32.3. The van der Waals surface area contributed by atoms with Gasteiger partial charge >= 0.3 is 6.03 Å². The molecule has 3 amide bonds. The molecule has 1 aromatic heterocycles. The van der Waals surface area contributed by atoms with Crippen molar-refractivity contribution in [1.82, 2.24) is 15.6 Å². The number of rotatable bonds is 5. The summed E-state index contributed by atoms with van der Waals surface area (Å²) in [7, 11) is 0. The Bertz CT molecular complexity index is 838. The van der Waals surface area contributed by atoms with E-state index in [9.17, 15) is 9.59 Å². The predicted octanol–water partition coefficient (Wildman–Crippen LogP) is 0.127. The van der Waals surface area contributed by atoms with Crippen LogP contribution in [-0.4, -0.2) is 55.2 Å². The Hall–Kier alpha value is -2.03. The molecule has 2 aromatic rings. The number of nitrogens with one attached hydrogen (secondary N) is 4. The van der Waals surface area contributed by atoms with Gasteiger partial charge in [0.05, 0.1) is 10.2 Å². The number of benzene rings is 1. The van der Waals surface area contributed by atoms with Crippen molar-refractivity contribution in [3.63, 3.8) is 0 Å². The second-order valence-corrected chi connectivity index (χ2v) is 9.79. The lowest BCUT2D eigenvalue weighted by molar-refractivity contribution is -1.02. The van der Waals surface area contributed by atoms with Crippen molar-refractivity contribution in [2.75, 3.05) is 26.2 Å². The number of imide groups is 1. The molecule has 1 saturated heterocycles. The minimum absolute atomic E-state index is 0.173. The van der Waals surface area contributed by atoms with E-state index in [-0.39, 0.29) is 24.0 Å². The third-order valence-electron chi connectivity index (χ3n) is 6.52. The van der Waals surface area contributed by atoms with E-state index >= 15 is 0 Å². The molecule has 0 unspecified atom stereocenters. The number of para-hydroxylation sites is 1. The number of hydrogen-bond acceptors (Lipinski definition) is 4. The van der Waals surface area contributed by atoms with E-state index in [1.165, 1.54) is 25.9 Å². The van der Waals surface area contributed by atoms with Gasteiger partial charge in [-0.15, -0.1) is 11.3 Å². The molecular formula is C22H33N5O2S+2.